The van der Waals surface area contributed by atoms with Crippen LogP contribution in [0.15, 0.2) is 40.8 Å². The molecule has 2 aromatic heterocycles. The standard InChI is InChI=1S/C22H22N4O2S/c1-15-5-7-16(8-6-15)17-12-29-20-19(17)21(28)26(14-24-20)11-18(27)25-22(13-23)9-3-2-4-10-22/h5-8,12,14H,2-4,9-11H2,1H3,(H,25,27). The Morgan fingerprint density at radius 3 is 2.69 bits per heavy atom. The van der Waals surface area contributed by atoms with Crippen molar-refractivity contribution >= 4 is 27.5 Å². The molecule has 1 aromatic carbocycles. The van der Waals surface area contributed by atoms with E-state index in [2.05, 4.69) is 16.4 Å². The molecule has 0 radical (unpaired) electrons. The molecular formula is C22H22N4O2S. The first-order valence-electron chi connectivity index (χ1n) is 9.77. The van der Waals surface area contributed by atoms with Crippen LogP contribution in [0.1, 0.15) is 37.7 Å². The van der Waals surface area contributed by atoms with Crippen LogP contribution in [0.4, 0.5) is 0 Å². The maximum Gasteiger partial charge on any atom is 0.263 e. The highest BCUT2D eigenvalue weighted by molar-refractivity contribution is 7.17. The molecule has 7 heteroatoms. The molecule has 3 aromatic rings. The zero-order valence-corrected chi connectivity index (χ0v) is 17.1. The quantitative estimate of drug-likeness (QED) is 0.714. The molecule has 0 bridgehead atoms. The van der Waals surface area contributed by atoms with Crippen molar-refractivity contribution in [3.05, 3.63) is 51.9 Å². The lowest BCUT2D eigenvalue weighted by Crippen LogP contribution is -2.50. The lowest BCUT2D eigenvalue weighted by atomic mass is 9.83. The van der Waals surface area contributed by atoms with E-state index >= 15 is 0 Å². The monoisotopic (exact) mass is 406 g/mol. The smallest absolute Gasteiger partial charge is 0.263 e. The summed E-state index contributed by atoms with van der Waals surface area (Å²) in [5, 5.41) is 14.9. The number of carbonyl (C=O) groups is 1. The van der Waals surface area contributed by atoms with Crippen molar-refractivity contribution in [1.82, 2.24) is 14.9 Å². The molecule has 0 atom stereocenters. The number of benzene rings is 1. The molecule has 2 heterocycles. The van der Waals surface area contributed by atoms with E-state index in [-0.39, 0.29) is 18.0 Å². The number of nitrogens with one attached hydrogen (secondary N) is 1. The molecule has 0 unspecified atom stereocenters. The molecule has 0 saturated heterocycles. The topological polar surface area (TPSA) is 87.8 Å². The van der Waals surface area contributed by atoms with Crippen LogP contribution in [0.5, 0.6) is 0 Å². The molecule has 148 valence electrons. The Kier molecular flexibility index (Phi) is 5.20. The summed E-state index contributed by atoms with van der Waals surface area (Å²) in [6, 6.07) is 10.3. The minimum Gasteiger partial charge on any atom is -0.336 e. The first kappa shape index (κ1) is 19.3. The van der Waals surface area contributed by atoms with Gasteiger partial charge >= 0.3 is 0 Å². The largest absolute Gasteiger partial charge is 0.336 e. The van der Waals surface area contributed by atoms with Crippen molar-refractivity contribution in [2.24, 2.45) is 0 Å². The second-order valence-electron chi connectivity index (χ2n) is 7.68. The van der Waals surface area contributed by atoms with Crippen molar-refractivity contribution in [1.29, 1.82) is 5.26 Å². The number of hydrogen-bond donors (Lipinski definition) is 1. The van der Waals surface area contributed by atoms with E-state index in [1.54, 1.807) is 0 Å². The Hall–Kier alpha value is -2.98. The maximum absolute atomic E-state index is 13.1. The number of carbonyl (C=O) groups excluding carboxylic acids is 1. The maximum atomic E-state index is 13.1. The summed E-state index contributed by atoms with van der Waals surface area (Å²) in [6.45, 7) is 1.87. The van der Waals surface area contributed by atoms with Crippen molar-refractivity contribution in [2.45, 2.75) is 51.1 Å². The molecule has 6 nitrogen and oxygen atoms in total. The first-order chi connectivity index (χ1) is 14.0. The van der Waals surface area contributed by atoms with Gasteiger partial charge in [0.2, 0.25) is 5.91 Å². The molecule has 1 saturated carbocycles. The lowest BCUT2D eigenvalue weighted by Gasteiger charge is -2.31. The normalized spacial score (nSPS) is 15.7. The number of nitrogens with zero attached hydrogens (tertiary/aromatic N) is 3. The van der Waals surface area contributed by atoms with E-state index in [1.165, 1.54) is 22.2 Å². The number of fused-ring (bicyclic) bond motifs is 1. The second kappa shape index (κ2) is 7.80. The molecule has 29 heavy (non-hydrogen) atoms. The summed E-state index contributed by atoms with van der Waals surface area (Å²) in [6.07, 6.45) is 5.66. The minimum absolute atomic E-state index is 0.144. The summed E-state index contributed by atoms with van der Waals surface area (Å²) in [7, 11) is 0. The van der Waals surface area contributed by atoms with Crippen LogP contribution in [-0.2, 0) is 11.3 Å². The highest BCUT2D eigenvalue weighted by Gasteiger charge is 2.33. The van der Waals surface area contributed by atoms with Crippen molar-refractivity contribution in [2.75, 3.05) is 0 Å². The second-order valence-corrected chi connectivity index (χ2v) is 8.53. The third-order valence-corrected chi connectivity index (χ3v) is 6.42. The minimum atomic E-state index is -0.814. The van der Waals surface area contributed by atoms with Gasteiger partial charge in [-0.1, -0.05) is 49.1 Å². The Bertz CT molecular complexity index is 1150. The van der Waals surface area contributed by atoms with Gasteiger partial charge in [0, 0.05) is 10.9 Å². The molecule has 1 aliphatic rings. The van der Waals surface area contributed by atoms with Crippen LogP contribution < -0.4 is 10.9 Å². The van der Waals surface area contributed by atoms with Crippen LogP contribution >= 0.6 is 11.3 Å². The van der Waals surface area contributed by atoms with Gasteiger partial charge in [0.15, 0.2) is 0 Å². The molecular weight excluding hydrogens is 384 g/mol. The zero-order chi connectivity index (χ0) is 20.4. The molecule has 4 rings (SSSR count). The van der Waals surface area contributed by atoms with Crippen molar-refractivity contribution in [3.8, 4) is 17.2 Å². The molecule has 1 N–H and O–H groups in total. The summed E-state index contributed by atoms with van der Waals surface area (Å²) in [4.78, 5) is 30.8. The fourth-order valence-corrected chi connectivity index (χ4v) is 4.81. The molecule has 0 spiro atoms. The third kappa shape index (κ3) is 3.81. The van der Waals surface area contributed by atoms with Gasteiger partial charge in [-0.25, -0.2) is 4.98 Å². The molecule has 1 amide bonds. The Morgan fingerprint density at radius 2 is 2.00 bits per heavy atom. The number of rotatable bonds is 4. The number of amides is 1. The zero-order valence-electron chi connectivity index (χ0n) is 16.3. The van der Waals surface area contributed by atoms with Gasteiger partial charge in [-0.2, -0.15) is 5.26 Å². The van der Waals surface area contributed by atoms with E-state index in [1.807, 2.05) is 36.6 Å². The van der Waals surface area contributed by atoms with Crippen molar-refractivity contribution in [3.63, 3.8) is 0 Å². The van der Waals surface area contributed by atoms with E-state index in [4.69, 9.17) is 0 Å². The van der Waals surface area contributed by atoms with E-state index in [0.29, 0.717) is 23.1 Å². The highest BCUT2D eigenvalue weighted by Crippen LogP contribution is 2.31. The summed E-state index contributed by atoms with van der Waals surface area (Å²) >= 11 is 1.42. The number of aryl methyl sites for hydroxylation is 1. The first-order valence-corrected chi connectivity index (χ1v) is 10.7. The number of hydrogen-bond acceptors (Lipinski definition) is 5. The average Bonchev–Trinajstić information content (AvgIpc) is 3.16. The van der Waals surface area contributed by atoms with Crippen LogP contribution in [-0.4, -0.2) is 21.0 Å². The van der Waals surface area contributed by atoms with Gasteiger partial charge in [-0.3, -0.25) is 14.2 Å². The summed E-state index contributed by atoms with van der Waals surface area (Å²) in [5.41, 5.74) is 1.88. The average molecular weight is 407 g/mol. The van der Waals surface area contributed by atoms with Crippen LogP contribution in [0.2, 0.25) is 0 Å². The van der Waals surface area contributed by atoms with Gasteiger partial charge in [-0.05, 0) is 25.3 Å². The molecule has 1 fully saturated rings. The Morgan fingerprint density at radius 1 is 1.28 bits per heavy atom. The lowest BCUT2D eigenvalue weighted by molar-refractivity contribution is -0.123. The van der Waals surface area contributed by atoms with Gasteiger partial charge in [0.05, 0.1) is 17.8 Å². The Labute approximate surface area is 172 Å². The third-order valence-electron chi connectivity index (χ3n) is 5.54. The highest BCUT2D eigenvalue weighted by atomic mass is 32.1. The van der Waals surface area contributed by atoms with Gasteiger partial charge in [0.25, 0.3) is 5.56 Å². The number of nitriles is 1. The molecule has 0 aliphatic heterocycles. The predicted molar refractivity (Wildman–Crippen MR) is 114 cm³/mol. The predicted octanol–water partition coefficient (Wildman–Crippen LogP) is 3.78. The van der Waals surface area contributed by atoms with E-state index in [0.717, 1.165) is 36.0 Å². The Balaban J connectivity index is 1.63. The van der Waals surface area contributed by atoms with Crippen LogP contribution in [0.3, 0.4) is 0 Å². The SMILES string of the molecule is Cc1ccc(-c2csc3ncn(CC(=O)NC4(C#N)CCCCC4)c(=O)c23)cc1. The van der Waals surface area contributed by atoms with E-state index in [9.17, 15) is 14.9 Å². The van der Waals surface area contributed by atoms with E-state index < -0.39 is 5.54 Å². The van der Waals surface area contributed by atoms with Crippen molar-refractivity contribution < 1.29 is 4.79 Å². The fourth-order valence-electron chi connectivity index (χ4n) is 3.91. The summed E-state index contributed by atoms with van der Waals surface area (Å²) < 4.78 is 1.33. The van der Waals surface area contributed by atoms with Crippen LogP contribution in [0, 0.1) is 18.3 Å². The van der Waals surface area contributed by atoms with Gasteiger partial charge < -0.3 is 5.32 Å². The van der Waals surface area contributed by atoms with Gasteiger partial charge in [0.1, 0.15) is 16.9 Å². The summed E-state index contributed by atoms with van der Waals surface area (Å²) in [5.74, 6) is -0.330. The fraction of sp³-hybridized carbons (Fsp3) is 0.364. The van der Waals surface area contributed by atoms with Crippen LogP contribution in [0.25, 0.3) is 21.3 Å². The molecule has 1 aliphatic carbocycles. The number of thiophene rings is 1. The number of aromatic nitrogens is 2. The van der Waals surface area contributed by atoms with Gasteiger partial charge in [-0.15, -0.1) is 11.3 Å².